The molecular weight excluding hydrogens is 463 g/mol. The molecule has 1 aliphatic rings. The van der Waals surface area contributed by atoms with Crippen molar-refractivity contribution in [3.63, 3.8) is 0 Å². The summed E-state index contributed by atoms with van der Waals surface area (Å²) < 4.78 is 2.57. The molecule has 0 spiro atoms. The number of aliphatic imine (C=N–C) groups is 1. The number of hydrogen-bond acceptors (Lipinski definition) is 5. The Morgan fingerprint density at radius 2 is 1.96 bits per heavy atom. The molecule has 1 aromatic carbocycles. The van der Waals surface area contributed by atoms with Gasteiger partial charge in [0.15, 0.2) is 0 Å². The third-order valence-corrected chi connectivity index (χ3v) is 7.15. The summed E-state index contributed by atoms with van der Waals surface area (Å²) in [5.74, 6) is 0.489. The van der Waals surface area contributed by atoms with E-state index in [0.717, 1.165) is 53.9 Å². The van der Waals surface area contributed by atoms with E-state index in [9.17, 15) is 4.79 Å². The van der Waals surface area contributed by atoms with Crippen LogP contribution in [0.15, 0.2) is 53.3 Å². The number of rotatable bonds is 8. The number of carbonyl (C=O) groups is 1. The fraction of sp³-hybridized carbons (Fsp3) is 0.318. The van der Waals surface area contributed by atoms with Crippen molar-refractivity contribution in [1.82, 2.24) is 8.10 Å². The number of benzene rings is 1. The summed E-state index contributed by atoms with van der Waals surface area (Å²) in [5, 5.41) is 0. The maximum absolute atomic E-state index is 13.0. The second-order valence-corrected chi connectivity index (χ2v) is 9.56. The van der Waals surface area contributed by atoms with Crippen LogP contribution in [0.1, 0.15) is 38.7 Å². The number of aromatic nitrogens is 1. The average Bonchev–Trinajstić information content (AvgIpc) is 2.86. The van der Waals surface area contributed by atoms with Gasteiger partial charge in [-0.05, 0) is 0 Å². The van der Waals surface area contributed by atoms with E-state index in [1.807, 2.05) is 42.6 Å². The molecule has 0 saturated carbocycles. The molecule has 0 aliphatic carbocycles. The first-order valence-electron chi connectivity index (χ1n) is 9.63. The number of amidine groups is 1. The molecule has 1 aliphatic heterocycles. The summed E-state index contributed by atoms with van der Waals surface area (Å²) in [6.07, 6.45) is 8.11. The van der Waals surface area contributed by atoms with Gasteiger partial charge in [-0.15, -0.1) is 0 Å². The van der Waals surface area contributed by atoms with E-state index in [0.29, 0.717) is 12.3 Å². The van der Waals surface area contributed by atoms with Gasteiger partial charge in [0.2, 0.25) is 0 Å². The van der Waals surface area contributed by atoms with Gasteiger partial charge in [0.1, 0.15) is 0 Å². The van der Waals surface area contributed by atoms with E-state index in [1.54, 1.807) is 6.20 Å². The predicted octanol–water partition coefficient (Wildman–Crippen LogP) is 1.18. The van der Waals surface area contributed by atoms with Gasteiger partial charge in [-0.3, -0.25) is 0 Å². The zero-order valence-corrected chi connectivity index (χ0v) is 18.5. The number of fused-ring (bicyclic) bond motifs is 1. The molecule has 0 unspecified atom stereocenters. The topological polar surface area (TPSA) is 71.6 Å². The molecule has 2 N–H and O–H groups in total. The molecule has 2 heterocycles. The van der Waals surface area contributed by atoms with Crippen LogP contribution in [0.3, 0.4) is 0 Å². The van der Waals surface area contributed by atoms with E-state index in [4.69, 9.17) is 5.73 Å². The fourth-order valence-corrected chi connectivity index (χ4v) is 5.80. The molecule has 28 heavy (non-hydrogen) atoms. The van der Waals surface area contributed by atoms with E-state index in [1.165, 1.54) is 0 Å². The molecule has 0 amide bonds. The van der Waals surface area contributed by atoms with Gasteiger partial charge in [-0.1, -0.05) is 0 Å². The number of pyridine rings is 1. The Morgan fingerprint density at radius 3 is 2.64 bits per heavy atom. The van der Waals surface area contributed by atoms with Crippen molar-refractivity contribution in [1.29, 1.82) is 0 Å². The van der Waals surface area contributed by atoms with Crippen LogP contribution in [0.5, 0.6) is 0 Å². The van der Waals surface area contributed by atoms with Gasteiger partial charge >= 0.3 is 178 Å². The van der Waals surface area contributed by atoms with Gasteiger partial charge < -0.3 is 0 Å². The van der Waals surface area contributed by atoms with Crippen molar-refractivity contribution in [3.05, 3.63) is 53.9 Å². The molecule has 0 radical (unpaired) electrons. The molecule has 148 valence electrons. The predicted molar refractivity (Wildman–Crippen MR) is 111 cm³/mol. The molecule has 0 atom stereocenters. The van der Waals surface area contributed by atoms with Crippen molar-refractivity contribution >= 4 is 21.4 Å². The minimum absolute atomic E-state index is 0.239. The molecular formula is C22H26IN4O-. The fourth-order valence-electron chi connectivity index (χ4n) is 3.07. The third-order valence-electron chi connectivity index (χ3n) is 4.37. The normalized spacial score (nSPS) is 13.7. The van der Waals surface area contributed by atoms with Crippen LogP contribution in [0, 0.1) is 0 Å². The van der Waals surface area contributed by atoms with Crippen molar-refractivity contribution in [2.45, 2.75) is 33.1 Å². The number of hydrogen-bond donors (Lipinski definition) is 1. The molecule has 0 bridgehead atoms. The van der Waals surface area contributed by atoms with Crippen LogP contribution in [0.2, 0.25) is 0 Å². The minimum atomic E-state index is -0.700. The van der Waals surface area contributed by atoms with E-state index in [-0.39, 0.29) is 3.79 Å². The van der Waals surface area contributed by atoms with Crippen LogP contribution < -0.4 is 27.2 Å². The first kappa shape index (κ1) is 20.7. The summed E-state index contributed by atoms with van der Waals surface area (Å²) in [6.45, 7) is 6.27. The van der Waals surface area contributed by atoms with Gasteiger partial charge in [0.25, 0.3) is 0 Å². The standard InChI is InChI=1S/C22H26IN4O/c1-3-10-27(11-4-2)23-22(28)19-12-17-8-7-16(18-6-5-9-25-15-18)13-20(17)26-21(24)14-19/h5-9,12-13,15H,3-4,10-11,14H2,1-2H3,(H2,24,26)/q-1. The number of nitrogens with zero attached hydrogens (tertiary/aromatic N) is 3. The molecule has 0 fully saturated rings. The Labute approximate surface area is 177 Å². The number of carbonyl (C=O) groups excluding carboxylic acids is 1. The van der Waals surface area contributed by atoms with Crippen LogP contribution in [0.4, 0.5) is 5.69 Å². The zero-order valence-electron chi connectivity index (χ0n) is 16.4. The van der Waals surface area contributed by atoms with Crippen LogP contribution in [-0.2, 0) is 4.79 Å². The van der Waals surface area contributed by atoms with Gasteiger partial charge in [0.05, 0.1) is 0 Å². The first-order valence-corrected chi connectivity index (χ1v) is 11.7. The molecule has 2 aromatic rings. The molecule has 3 rings (SSSR count). The second kappa shape index (κ2) is 9.93. The monoisotopic (exact) mass is 489 g/mol. The van der Waals surface area contributed by atoms with Crippen molar-refractivity contribution in [3.8, 4) is 11.1 Å². The Bertz CT molecular complexity index is 887. The second-order valence-electron chi connectivity index (χ2n) is 6.73. The summed E-state index contributed by atoms with van der Waals surface area (Å²) in [6, 6.07) is 10.0. The summed E-state index contributed by atoms with van der Waals surface area (Å²) in [4.78, 5) is 21.7. The zero-order chi connectivity index (χ0) is 19.9. The van der Waals surface area contributed by atoms with Gasteiger partial charge in [-0.25, -0.2) is 0 Å². The van der Waals surface area contributed by atoms with Gasteiger partial charge in [-0.2, -0.15) is 0 Å². The summed E-state index contributed by atoms with van der Waals surface area (Å²) in [5.41, 5.74) is 10.8. The summed E-state index contributed by atoms with van der Waals surface area (Å²) in [7, 11) is 0. The SMILES string of the molecule is CCCN(CCC)[I-]C(=O)C1=Cc2ccc(-c3cccnc3)cc2N=C(N)C1. The average molecular weight is 489 g/mol. The van der Waals surface area contributed by atoms with Crippen LogP contribution >= 0.6 is 0 Å². The summed E-state index contributed by atoms with van der Waals surface area (Å²) >= 11 is -0.700. The number of halogens is 1. The van der Waals surface area contributed by atoms with E-state index >= 15 is 0 Å². The van der Waals surface area contributed by atoms with Crippen molar-refractivity contribution in [2.75, 3.05) is 13.1 Å². The Kier molecular flexibility index (Phi) is 7.33. The first-order chi connectivity index (χ1) is 13.6. The molecule has 6 heteroatoms. The van der Waals surface area contributed by atoms with E-state index < -0.39 is 21.5 Å². The van der Waals surface area contributed by atoms with Crippen molar-refractivity contribution in [2.24, 2.45) is 10.7 Å². The van der Waals surface area contributed by atoms with Crippen LogP contribution in [0.25, 0.3) is 17.2 Å². The Morgan fingerprint density at radius 1 is 1.18 bits per heavy atom. The Balaban J connectivity index is 1.87. The quantitative estimate of drug-likeness (QED) is 0.344. The number of nitrogens with two attached hydrogens (primary N) is 1. The van der Waals surface area contributed by atoms with Crippen molar-refractivity contribution < 1.29 is 26.3 Å². The molecule has 1 aromatic heterocycles. The van der Waals surface area contributed by atoms with E-state index in [2.05, 4.69) is 26.9 Å². The third kappa shape index (κ3) is 5.26. The molecule has 5 nitrogen and oxygen atoms in total. The Hall–Kier alpha value is -2.06. The van der Waals surface area contributed by atoms with Gasteiger partial charge in [0, 0.05) is 0 Å². The maximum atomic E-state index is 13.0. The molecule has 0 saturated heterocycles. The van der Waals surface area contributed by atoms with Crippen LogP contribution in [-0.4, -0.2) is 30.8 Å².